The Kier molecular flexibility index (Phi) is 4.63. The van der Waals surface area contributed by atoms with Gasteiger partial charge < -0.3 is 10.2 Å². The second kappa shape index (κ2) is 6.22. The zero-order valence-corrected chi connectivity index (χ0v) is 11.6. The van der Waals surface area contributed by atoms with Crippen molar-refractivity contribution in [2.45, 2.75) is 12.6 Å². The number of nitrogens with zero attached hydrogens (tertiary/aromatic N) is 1. The summed E-state index contributed by atoms with van der Waals surface area (Å²) in [5, 5.41) is 6.09. The largest absolute Gasteiger partial charge is 0.325 e. The van der Waals surface area contributed by atoms with Crippen LogP contribution in [0.1, 0.15) is 5.56 Å². The van der Waals surface area contributed by atoms with Gasteiger partial charge in [0.2, 0.25) is 5.91 Å². The van der Waals surface area contributed by atoms with Crippen LogP contribution in [0.15, 0.2) is 24.3 Å². The maximum atomic E-state index is 11.9. The molecule has 1 unspecified atom stereocenters. The molecular formula is C13H19N3OS. The van der Waals surface area contributed by atoms with E-state index in [1.54, 1.807) is 11.8 Å². The minimum absolute atomic E-state index is 0.0559. The maximum absolute atomic E-state index is 11.9. The van der Waals surface area contributed by atoms with E-state index in [1.807, 2.05) is 38.4 Å². The lowest BCUT2D eigenvalue weighted by atomic mass is 10.2. The number of hydrogen-bond acceptors (Lipinski definition) is 4. The molecule has 1 fully saturated rings. The Balaban J connectivity index is 1.91. The molecule has 1 heterocycles. The third kappa shape index (κ3) is 3.73. The van der Waals surface area contributed by atoms with Gasteiger partial charge in [-0.15, -0.1) is 11.8 Å². The Hall–Kier alpha value is -1.04. The second-order valence-electron chi connectivity index (χ2n) is 4.70. The number of anilines is 1. The molecule has 0 aliphatic carbocycles. The number of rotatable bonds is 4. The minimum Gasteiger partial charge on any atom is -0.325 e. The first-order chi connectivity index (χ1) is 8.65. The molecule has 1 aliphatic rings. The molecule has 5 heteroatoms. The van der Waals surface area contributed by atoms with E-state index < -0.39 is 0 Å². The fourth-order valence-electron chi connectivity index (χ4n) is 1.85. The molecule has 1 saturated heterocycles. The van der Waals surface area contributed by atoms with E-state index in [-0.39, 0.29) is 11.9 Å². The molecule has 0 bridgehead atoms. The molecule has 1 aromatic carbocycles. The van der Waals surface area contributed by atoms with Gasteiger partial charge in [-0.2, -0.15) is 0 Å². The summed E-state index contributed by atoms with van der Waals surface area (Å²) >= 11 is 1.75. The number of benzene rings is 1. The number of carbonyl (C=O) groups excluding carboxylic acids is 1. The Morgan fingerprint density at radius 2 is 2.17 bits per heavy atom. The van der Waals surface area contributed by atoms with Gasteiger partial charge >= 0.3 is 0 Å². The molecule has 1 amide bonds. The van der Waals surface area contributed by atoms with E-state index in [0.717, 1.165) is 23.9 Å². The highest BCUT2D eigenvalue weighted by molar-refractivity contribution is 7.99. The van der Waals surface area contributed by atoms with Crippen molar-refractivity contribution in [1.29, 1.82) is 0 Å². The molecule has 98 valence electrons. The molecule has 18 heavy (non-hydrogen) atoms. The average molecular weight is 265 g/mol. The number of amides is 1. The van der Waals surface area contributed by atoms with Crippen LogP contribution in [0.5, 0.6) is 0 Å². The highest BCUT2D eigenvalue weighted by Crippen LogP contribution is 2.14. The maximum Gasteiger partial charge on any atom is 0.242 e. The van der Waals surface area contributed by atoms with E-state index in [1.165, 1.54) is 5.56 Å². The van der Waals surface area contributed by atoms with Gasteiger partial charge in [-0.25, -0.2) is 0 Å². The van der Waals surface area contributed by atoms with Crippen LogP contribution in [-0.2, 0) is 11.3 Å². The fraction of sp³-hybridized carbons (Fsp3) is 0.462. The van der Waals surface area contributed by atoms with Gasteiger partial charge in [-0.05, 0) is 31.8 Å². The Morgan fingerprint density at radius 1 is 1.44 bits per heavy atom. The summed E-state index contributed by atoms with van der Waals surface area (Å²) in [6.07, 6.45) is 0. The van der Waals surface area contributed by atoms with Crippen LogP contribution in [0.4, 0.5) is 5.69 Å². The molecule has 1 aromatic rings. The lowest BCUT2D eigenvalue weighted by molar-refractivity contribution is -0.117. The van der Waals surface area contributed by atoms with Crippen LogP contribution in [0, 0.1) is 0 Å². The van der Waals surface area contributed by atoms with Crippen LogP contribution in [0.2, 0.25) is 0 Å². The van der Waals surface area contributed by atoms with Gasteiger partial charge in [-0.1, -0.05) is 12.1 Å². The SMILES string of the molecule is CN(C)Cc1ccc(NC(=O)C2CSCN2)cc1. The highest BCUT2D eigenvalue weighted by atomic mass is 32.2. The van der Waals surface area contributed by atoms with Gasteiger partial charge in [0.1, 0.15) is 0 Å². The highest BCUT2D eigenvalue weighted by Gasteiger charge is 2.22. The van der Waals surface area contributed by atoms with Gasteiger partial charge in [0.15, 0.2) is 0 Å². The summed E-state index contributed by atoms with van der Waals surface area (Å²) in [6, 6.07) is 7.95. The Labute approximate surface area is 112 Å². The third-order valence-corrected chi connectivity index (χ3v) is 3.69. The molecule has 0 aromatic heterocycles. The number of hydrogen-bond donors (Lipinski definition) is 2. The molecule has 0 spiro atoms. The van der Waals surface area contributed by atoms with Crippen LogP contribution in [0.3, 0.4) is 0 Å². The van der Waals surface area contributed by atoms with E-state index in [2.05, 4.69) is 15.5 Å². The topological polar surface area (TPSA) is 44.4 Å². The van der Waals surface area contributed by atoms with Crippen molar-refractivity contribution in [2.75, 3.05) is 31.0 Å². The first kappa shape index (κ1) is 13.4. The molecule has 2 N–H and O–H groups in total. The van der Waals surface area contributed by atoms with Crippen molar-refractivity contribution in [3.8, 4) is 0 Å². The van der Waals surface area contributed by atoms with E-state index >= 15 is 0 Å². The quantitative estimate of drug-likeness (QED) is 0.862. The van der Waals surface area contributed by atoms with Gasteiger partial charge in [0.25, 0.3) is 0 Å². The molecular weight excluding hydrogens is 246 g/mol. The predicted molar refractivity (Wildman–Crippen MR) is 76.7 cm³/mol. The van der Waals surface area contributed by atoms with Crippen LogP contribution in [0.25, 0.3) is 0 Å². The number of thioether (sulfide) groups is 1. The van der Waals surface area contributed by atoms with Gasteiger partial charge in [0.05, 0.1) is 6.04 Å². The normalized spacial score (nSPS) is 19.2. The average Bonchev–Trinajstić information content (AvgIpc) is 2.84. The summed E-state index contributed by atoms with van der Waals surface area (Å²) in [7, 11) is 4.08. The summed E-state index contributed by atoms with van der Waals surface area (Å²) in [5.41, 5.74) is 2.11. The van der Waals surface area contributed by atoms with Crippen LogP contribution < -0.4 is 10.6 Å². The molecule has 4 nitrogen and oxygen atoms in total. The molecule has 2 rings (SSSR count). The Bertz CT molecular complexity index is 399. The summed E-state index contributed by atoms with van der Waals surface area (Å²) in [6.45, 7) is 0.912. The van der Waals surface area contributed by atoms with Crippen LogP contribution in [-0.4, -0.2) is 42.6 Å². The standard InChI is InChI=1S/C13H19N3OS/c1-16(2)7-10-3-5-11(6-4-10)15-13(17)12-8-18-9-14-12/h3-6,12,14H,7-9H2,1-2H3,(H,15,17). The number of nitrogens with one attached hydrogen (secondary N) is 2. The lowest BCUT2D eigenvalue weighted by Gasteiger charge is -2.12. The molecule has 0 saturated carbocycles. The third-order valence-electron chi connectivity index (χ3n) is 2.75. The summed E-state index contributed by atoms with van der Waals surface area (Å²) in [5.74, 6) is 1.77. The van der Waals surface area contributed by atoms with E-state index in [9.17, 15) is 4.79 Å². The number of carbonyl (C=O) groups is 1. The van der Waals surface area contributed by atoms with Crippen molar-refractivity contribution in [2.24, 2.45) is 0 Å². The Morgan fingerprint density at radius 3 is 2.72 bits per heavy atom. The minimum atomic E-state index is -0.0588. The van der Waals surface area contributed by atoms with E-state index in [0.29, 0.717) is 0 Å². The van der Waals surface area contributed by atoms with E-state index in [4.69, 9.17) is 0 Å². The second-order valence-corrected chi connectivity index (χ2v) is 5.73. The molecule has 0 radical (unpaired) electrons. The zero-order chi connectivity index (χ0) is 13.0. The first-order valence-electron chi connectivity index (χ1n) is 6.01. The monoisotopic (exact) mass is 265 g/mol. The van der Waals surface area contributed by atoms with Gasteiger partial charge in [-0.3, -0.25) is 10.1 Å². The van der Waals surface area contributed by atoms with Crippen LogP contribution >= 0.6 is 11.8 Å². The van der Waals surface area contributed by atoms with Gasteiger partial charge in [0, 0.05) is 23.9 Å². The fourth-order valence-corrected chi connectivity index (χ4v) is 2.79. The summed E-state index contributed by atoms with van der Waals surface area (Å²) in [4.78, 5) is 14.0. The first-order valence-corrected chi connectivity index (χ1v) is 7.16. The summed E-state index contributed by atoms with van der Waals surface area (Å²) < 4.78 is 0. The molecule has 1 atom stereocenters. The molecule has 1 aliphatic heterocycles. The van der Waals surface area contributed by atoms with Crippen molar-refractivity contribution in [3.05, 3.63) is 29.8 Å². The van der Waals surface area contributed by atoms with Crippen molar-refractivity contribution in [3.63, 3.8) is 0 Å². The zero-order valence-electron chi connectivity index (χ0n) is 10.8. The van der Waals surface area contributed by atoms with Crippen molar-refractivity contribution < 1.29 is 4.79 Å². The lowest BCUT2D eigenvalue weighted by Crippen LogP contribution is -2.37. The predicted octanol–water partition coefficient (Wildman–Crippen LogP) is 1.35. The smallest absolute Gasteiger partial charge is 0.242 e. The van der Waals surface area contributed by atoms with Crippen molar-refractivity contribution >= 4 is 23.4 Å². The van der Waals surface area contributed by atoms with Crippen molar-refractivity contribution in [1.82, 2.24) is 10.2 Å².